The van der Waals surface area contributed by atoms with Crippen LogP contribution in [0, 0.1) is 5.92 Å². The Kier molecular flexibility index (Phi) is 5.80. The third-order valence-corrected chi connectivity index (χ3v) is 6.04. The van der Waals surface area contributed by atoms with Crippen molar-refractivity contribution in [2.24, 2.45) is 11.7 Å². The summed E-state index contributed by atoms with van der Waals surface area (Å²) >= 11 is 2.10. The second-order valence-corrected chi connectivity index (χ2v) is 6.91. The van der Waals surface area contributed by atoms with Gasteiger partial charge in [0.1, 0.15) is 0 Å². The number of nitrogens with two attached hydrogens (primary N) is 1. The molecular formula is C14H29N3S. The van der Waals surface area contributed by atoms with Crippen LogP contribution in [0.1, 0.15) is 26.2 Å². The summed E-state index contributed by atoms with van der Waals surface area (Å²) in [5.41, 5.74) is 6.05. The van der Waals surface area contributed by atoms with Crippen molar-refractivity contribution in [1.82, 2.24) is 9.80 Å². The Morgan fingerprint density at radius 2 is 2.06 bits per heavy atom. The maximum atomic E-state index is 6.05. The Labute approximate surface area is 116 Å². The molecule has 2 N–H and O–H groups in total. The summed E-state index contributed by atoms with van der Waals surface area (Å²) < 4.78 is 0. The zero-order chi connectivity index (χ0) is 13.0. The first kappa shape index (κ1) is 14.6. The quantitative estimate of drug-likeness (QED) is 0.821. The molecule has 2 rings (SSSR count). The van der Waals surface area contributed by atoms with Crippen LogP contribution in [-0.2, 0) is 0 Å². The van der Waals surface area contributed by atoms with E-state index < -0.39 is 0 Å². The van der Waals surface area contributed by atoms with Gasteiger partial charge in [0.25, 0.3) is 0 Å². The fourth-order valence-electron chi connectivity index (χ4n) is 3.46. The summed E-state index contributed by atoms with van der Waals surface area (Å²) in [6, 6.07) is 1.37. The number of likely N-dealkylation sites (N-methyl/N-ethyl adjacent to an activating group) is 1. The van der Waals surface area contributed by atoms with Crippen molar-refractivity contribution in [2.45, 2.75) is 38.3 Å². The van der Waals surface area contributed by atoms with Gasteiger partial charge >= 0.3 is 0 Å². The number of nitrogens with zero attached hydrogens (tertiary/aromatic N) is 2. The lowest BCUT2D eigenvalue weighted by Crippen LogP contribution is -2.52. The molecule has 0 aliphatic carbocycles. The van der Waals surface area contributed by atoms with Crippen LogP contribution in [0.3, 0.4) is 0 Å². The van der Waals surface area contributed by atoms with Crippen LogP contribution in [0.5, 0.6) is 0 Å². The van der Waals surface area contributed by atoms with E-state index in [0.29, 0.717) is 6.04 Å². The molecular weight excluding hydrogens is 242 g/mol. The molecule has 106 valence electrons. The molecule has 0 spiro atoms. The first-order valence-corrected chi connectivity index (χ1v) is 8.63. The van der Waals surface area contributed by atoms with Gasteiger partial charge < -0.3 is 10.6 Å². The molecule has 0 bridgehead atoms. The molecule has 0 aromatic carbocycles. The average molecular weight is 271 g/mol. The van der Waals surface area contributed by atoms with Crippen molar-refractivity contribution < 1.29 is 0 Å². The van der Waals surface area contributed by atoms with E-state index in [9.17, 15) is 0 Å². The molecule has 0 aromatic rings. The van der Waals surface area contributed by atoms with Crippen molar-refractivity contribution in [3.63, 3.8) is 0 Å². The standard InChI is InChI=1S/C14H29N3S/c1-3-17-7-4-13(5-8-17)16(2)14(10-15)12-6-9-18-11-12/h12-14H,3-11,15H2,1-2H3. The molecule has 18 heavy (non-hydrogen) atoms. The Morgan fingerprint density at radius 1 is 1.33 bits per heavy atom. The number of hydrogen-bond acceptors (Lipinski definition) is 4. The number of rotatable bonds is 5. The fraction of sp³-hybridized carbons (Fsp3) is 1.00. The van der Waals surface area contributed by atoms with Crippen LogP contribution in [-0.4, -0.2) is 66.6 Å². The molecule has 0 saturated carbocycles. The van der Waals surface area contributed by atoms with Crippen LogP contribution in [0.25, 0.3) is 0 Å². The molecule has 2 heterocycles. The molecule has 2 aliphatic rings. The van der Waals surface area contributed by atoms with Gasteiger partial charge in [-0.25, -0.2) is 0 Å². The molecule has 2 saturated heterocycles. The summed E-state index contributed by atoms with van der Waals surface area (Å²) in [6.07, 6.45) is 4.01. The van der Waals surface area contributed by atoms with Gasteiger partial charge in [0.05, 0.1) is 0 Å². The largest absolute Gasteiger partial charge is 0.329 e. The van der Waals surface area contributed by atoms with Crippen molar-refractivity contribution in [1.29, 1.82) is 0 Å². The van der Waals surface area contributed by atoms with Crippen LogP contribution >= 0.6 is 11.8 Å². The molecule has 2 aliphatic heterocycles. The van der Waals surface area contributed by atoms with E-state index >= 15 is 0 Å². The predicted molar refractivity (Wildman–Crippen MR) is 81.2 cm³/mol. The molecule has 2 atom stereocenters. The lowest BCUT2D eigenvalue weighted by atomic mass is 9.94. The van der Waals surface area contributed by atoms with Crippen molar-refractivity contribution >= 4 is 11.8 Å². The van der Waals surface area contributed by atoms with Gasteiger partial charge in [-0.2, -0.15) is 11.8 Å². The van der Waals surface area contributed by atoms with Crippen molar-refractivity contribution in [3.8, 4) is 0 Å². The SMILES string of the molecule is CCN1CCC(N(C)C(CN)C2CCSC2)CC1. The maximum Gasteiger partial charge on any atom is 0.0254 e. The third-order valence-electron chi connectivity index (χ3n) is 4.85. The maximum absolute atomic E-state index is 6.05. The predicted octanol–water partition coefficient (Wildman–Crippen LogP) is 1.48. The summed E-state index contributed by atoms with van der Waals surface area (Å²) in [7, 11) is 2.31. The second-order valence-electron chi connectivity index (χ2n) is 5.76. The third kappa shape index (κ3) is 3.41. The summed E-state index contributed by atoms with van der Waals surface area (Å²) in [5.74, 6) is 3.48. The minimum Gasteiger partial charge on any atom is -0.329 e. The zero-order valence-corrected chi connectivity index (χ0v) is 12.8. The molecule has 0 amide bonds. The minimum absolute atomic E-state index is 0.609. The Balaban J connectivity index is 1.86. The lowest BCUT2D eigenvalue weighted by Gasteiger charge is -2.41. The highest BCUT2D eigenvalue weighted by Gasteiger charge is 2.32. The fourth-order valence-corrected chi connectivity index (χ4v) is 4.79. The highest BCUT2D eigenvalue weighted by Crippen LogP contribution is 2.30. The lowest BCUT2D eigenvalue weighted by molar-refractivity contribution is 0.0806. The molecule has 3 nitrogen and oxygen atoms in total. The highest BCUT2D eigenvalue weighted by atomic mass is 32.2. The zero-order valence-electron chi connectivity index (χ0n) is 12.0. The van der Waals surface area contributed by atoms with Gasteiger partial charge in [0.2, 0.25) is 0 Å². The van der Waals surface area contributed by atoms with E-state index in [-0.39, 0.29) is 0 Å². The highest BCUT2D eigenvalue weighted by molar-refractivity contribution is 7.99. The Hall–Kier alpha value is 0.230. The molecule has 2 unspecified atom stereocenters. The molecule has 0 radical (unpaired) electrons. The van der Waals surface area contributed by atoms with Gasteiger partial charge in [-0.15, -0.1) is 0 Å². The van der Waals surface area contributed by atoms with Crippen LogP contribution < -0.4 is 5.73 Å². The van der Waals surface area contributed by atoms with Gasteiger partial charge in [-0.3, -0.25) is 4.90 Å². The number of piperidine rings is 1. The van der Waals surface area contributed by atoms with Gasteiger partial charge in [0, 0.05) is 18.6 Å². The normalized spacial score (nSPS) is 29.0. The topological polar surface area (TPSA) is 32.5 Å². The second kappa shape index (κ2) is 7.13. The summed E-state index contributed by atoms with van der Waals surface area (Å²) in [4.78, 5) is 5.18. The van der Waals surface area contributed by atoms with E-state index in [2.05, 4.69) is 35.5 Å². The smallest absolute Gasteiger partial charge is 0.0254 e. The average Bonchev–Trinajstić information content (AvgIpc) is 2.93. The van der Waals surface area contributed by atoms with Gasteiger partial charge in [-0.1, -0.05) is 6.92 Å². The first-order chi connectivity index (χ1) is 8.76. The van der Waals surface area contributed by atoms with Gasteiger partial charge in [0.15, 0.2) is 0 Å². The van der Waals surface area contributed by atoms with E-state index in [0.717, 1.165) is 18.5 Å². The van der Waals surface area contributed by atoms with Crippen LogP contribution in [0.2, 0.25) is 0 Å². The number of thioether (sulfide) groups is 1. The van der Waals surface area contributed by atoms with Crippen molar-refractivity contribution in [3.05, 3.63) is 0 Å². The molecule has 4 heteroatoms. The van der Waals surface area contributed by atoms with Crippen molar-refractivity contribution in [2.75, 3.05) is 44.7 Å². The first-order valence-electron chi connectivity index (χ1n) is 7.48. The van der Waals surface area contributed by atoms with Crippen LogP contribution in [0.4, 0.5) is 0 Å². The Morgan fingerprint density at radius 3 is 2.56 bits per heavy atom. The molecule has 2 fully saturated rings. The number of likely N-dealkylation sites (tertiary alicyclic amines) is 1. The van der Waals surface area contributed by atoms with E-state index in [1.54, 1.807) is 0 Å². The van der Waals surface area contributed by atoms with E-state index in [1.165, 1.54) is 50.4 Å². The summed E-state index contributed by atoms with van der Waals surface area (Å²) in [5, 5.41) is 0. The van der Waals surface area contributed by atoms with Gasteiger partial charge in [-0.05, 0) is 63.4 Å². The minimum atomic E-state index is 0.609. The Bertz CT molecular complexity index is 235. The summed E-state index contributed by atoms with van der Waals surface area (Å²) in [6.45, 7) is 6.83. The monoisotopic (exact) mass is 271 g/mol. The van der Waals surface area contributed by atoms with E-state index in [1.807, 2.05) is 0 Å². The molecule has 0 aromatic heterocycles. The van der Waals surface area contributed by atoms with Crippen LogP contribution in [0.15, 0.2) is 0 Å². The van der Waals surface area contributed by atoms with E-state index in [4.69, 9.17) is 5.73 Å². The number of hydrogen-bond donors (Lipinski definition) is 1.